The highest BCUT2D eigenvalue weighted by molar-refractivity contribution is 5.75. The van der Waals surface area contributed by atoms with Gasteiger partial charge in [-0.25, -0.2) is 13.6 Å². The van der Waals surface area contributed by atoms with E-state index < -0.39 is 6.43 Å². The second kappa shape index (κ2) is 2.69. The van der Waals surface area contributed by atoms with Crippen molar-refractivity contribution >= 4 is 11.0 Å². The lowest BCUT2D eigenvalue weighted by Crippen LogP contribution is -1.99. The van der Waals surface area contributed by atoms with Crippen molar-refractivity contribution in [2.24, 2.45) is 0 Å². The number of hydrogen-bond acceptors (Lipinski definition) is 1. The Morgan fingerprint density at radius 2 is 1.85 bits per heavy atom. The Bertz CT molecular complexity index is 486. The Kier molecular flexibility index (Phi) is 1.65. The van der Waals surface area contributed by atoms with Crippen molar-refractivity contribution < 1.29 is 8.78 Å². The molecule has 2 aromatic rings. The van der Waals surface area contributed by atoms with Gasteiger partial charge in [0.05, 0.1) is 11.0 Å². The van der Waals surface area contributed by atoms with E-state index in [1.165, 1.54) is 18.2 Å². The van der Waals surface area contributed by atoms with Crippen molar-refractivity contribution in [1.29, 1.82) is 0 Å². The number of H-pyrrole nitrogens is 2. The number of nitrogens with one attached hydrogen (secondary N) is 2. The summed E-state index contributed by atoms with van der Waals surface area (Å²) in [6.45, 7) is 0. The molecule has 1 aromatic carbocycles. The highest BCUT2D eigenvalue weighted by Crippen LogP contribution is 2.20. The lowest BCUT2D eigenvalue weighted by atomic mass is 10.2. The van der Waals surface area contributed by atoms with E-state index in [0.29, 0.717) is 11.0 Å². The van der Waals surface area contributed by atoms with E-state index in [-0.39, 0.29) is 11.3 Å². The summed E-state index contributed by atoms with van der Waals surface area (Å²) in [6, 6.07) is 4.00. The molecule has 2 N–H and O–H groups in total. The number of hydrogen-bond donors (Lipinski definition) is 2. The third-order valence-electron chi connectivity index (χ3n) is 1.79. The van der Waals surface area contributed by atoms with E-state index in [0.717, 1.165) is 0 Å². The Morgan fingerprint density at radius 3 is 2.54 bits per heavy atom. The number of halogens is 2. The van der Waals surface area contributed by atoms with Gasteiger partial charge in [0.15, 0.2) is 0 Å². The predicted molar refractivity (Wildman–Crippen MR) is 43.9 cm³/mol. The van der Waals surface area contributed by atoms with Gasteiger partial charge in [0.25, 0.3) is 6.43 Å². The third kappa shape index (κ3) is 1.32. The summed E-state index contributed by atoms with van der Waals surface area (Å²) in [5.74, 6) is 0. The number of aromatic amines is 2. The number of alkyl halides is 2. The van der Waals surface area contributed by atoms with Crippen LogP contribution in [0.1, 0.15) is 12.0 Å². The fourth-order valence-corrected chi connectivity index (χ4v) is 1.19. The molecule has 0 bridgehead atoms. The molecular weight excluding hydrogens is 178 g/mol. The number of imidazole rings is 1. The van der Waals surface area contributed by atoms with Crippen LogP contribution < -0.4 is 5.69 Å². The molecule has 13 heavy (non-hydrogen) atoms. The van der Waals surface area contributed by atoms with E-state index in [2.05, 4.69) is 9.97 Å². The first-order valence-electron chi connectivity index (χ1n) is 3.67. The largest absolute Gasteiger partial charge is 0.323 e. The van der Waals surface area contributed by atoms with Crippen molar-refractivity contribution in [1.82, 2.24) is 9.97 Å². The molecule has 0 spiro atoms. The zero-order valence-electron chi connectivity index (χ0n) is 6.47. The summed E-state index contributed by atoms with van der Waals surface area (Å²) in [6.07, 6.45) is -2.51. The average molecular weight is 184 g/mol. The van der Waals surface area contributed by atoms with E-state index in [4.69, 9.17) is 0 Å². The van der Waals surface area contributed by atoms with E-state index in [1.54, 1.807) is 0 Å². The molecule has 3 nitrogen and oxygen atoms in total. The first-order valence-corrected chi connectivity index (χ1v) is 3.67. The SMILES string of the molecule is O=c1[nH]c2ccc(C(F)F)cc2[nH]1. The van der Waals surface area contributed by atoms with Gasteiger partial charge in [-0.3, -0.25) is 0 Å². The lowest BCUT2D eigenvalue weighted by molar-refractivity contribution is 0.151. The van der Waals surface area contributed by atoms with Gasteiger partial charge in [0, 0.05) is 5.56 Å². The third-order valence-corrected chi connectivity index (χ3v) is 1.79. The van der Waals surface area contributed by atoms with Crippen molar-refractivity contribution in [2.75, 3.05) is 0 Å². The molecule has 0 saturated heterocycles. The molecule has 68 valence electrons. The van der Waals surface area contributed by atoms with Gasteiger partial charge in [-0.05, 0) is 12.1 Å². The number of aromatic nitrogens is 2. The van der Waals surface area contributed by atoms with Crippen molar-refractivity contribution in [3.63, 3.8) is 0 Å². The summed E-state index contributed by atoms with van der Waals surface area (Å²) in [5.41, 5.74) is 0.460. The van der Waals surface area contributed by atoms with Gasteiger partial charge in [-0.15, -0.1) is 0 Å². The molecule has 2 rings (SSSR count). The first kappa shape index (κ1) is 7.97. The summed E-state index contributed by atoms with van der Waals surface area (Å²) in [5, 5.41) is 0. The molecule has 5 heteroatoms. The van der Waals surface area contributed by atoms with Crippen LogP contribution in [0, 0.1) is 0 Å². The molecule has 1 aromatic heterocycles. The highest BCUT2D eigenvalue weighted by Gasteiger charge is 2.07. The Hall–Kier alpha value is -1.65. The molecule has 0 aliphatic carbocycles. The first-order chi connectivity index (χ1) is 6.16. The minimum Gasteiger partial charge on any atom is -0.306 e. The summed E-state index contributed by atoms with van der Waals surface area (Å²) in [7, 11) is 0. The number of fused-ring (bicyclic) bond motifs is 1. The molecule has 0 unspecified atom stereocenters. The van der Waals surface area contributed by atoms with Crippen LogP contribution >= 0.6 is 0 Å². The Labute approximate surface area is 71.4 Å². The molecule has 0 atom stereocenters. The van der Waals surface area contributed by atoms with Crippen LogP contribution in [0.5, 0.6) is 0 Å². The zero-order valence-corrected chi connectivity index (χ0v) is 6.47. The van der Waals surface area contributed by atoms with Crippen LogP contribution in [0.4, 0.5) is 8.78 Å². The van der Waals surface area contributed by atoms with E-state index in [9.17, 15) is 13.6 Å². The molecule has 0 aliphatic heterocycles. The minimum absolute atomic E-state index is 0.0947. The second-order valence-electron chi connectivity index (χ2n) is 2.68. The topological polar surface area (TPSA) is 48.6 Å². The van der Waals surface area contributed by atoms with Crippen molar-refractivity contribution in [3.05, 3.63) is 34.2 Å². The van der Waals surface area contributed by atoms with Crippen molar-refractivity contribution in [2.45, 2.75) is 6.43 Å². The number of rotatable bonds is 1. The monoisotopic (exact) mass is 184 g/mol. The molecule has 1 heterocycles. The normalized spacial score (nSPS) is 11.3. The van der Waals surface area contributed by atoms with Crippen LogP contribution in [0.3, 0.4) is 0 Å². The molecule has 0 amide bonds. The second-order valence-corrected chi connectivity index (χ2v) is 2.68. The summed E-state index contributed by atoms with van der Waals surface area (Å²) < 4.78 is 24.4. The van der Waals surface area contributed by atoms with Gasteiger partial charge in [-0.2, -0.15) is 0 Å². The van der Waals surface area contributed by atoms with Crippen LogP contribution in [0.2, 0.25) is 0 Å². The number of benzene rings is 1. The molecule has 0 fully saturated rings. The minimum atomic E-state index is -2.51. The van der Waals surface area contributed by atoms with Gasteiger partial charge < -0.3 is 9.97 Å². The van der Waals surface area contributed by atoms with E-state index >= 15 is 0 Å². The fraction of sp³-hybridized carbons (Fsp3) is 0.125. The van der Waals surface area contributed by atoms with Crippen LogP contribution in [-0.4, -0.2) is 9.97 Å². The predicted octanol–water partition coefficient (Wildman–Crippen LogP) is 1.79. The van der Waals surface area contributed by atoms with Gasteiger partial charge in [-0.1, -0.05) is 6.07 Å². The van der Waals surface area contributed by atoms with Gasteiger partial charge >= 0.3 is 5.69 Å². The van der Waals surface area contributed by atoms with Crippen molar-refractivity contribution in [3.8, 4) is 0 Å². The smallest absolute Gasteiger partial charge is 0.306 e. The summed E-state index contributed by atoms with van der Waals surface area (Å²) >= 11 is 0. The standard InChI is InChI=1S/C8H6F2N2O/c9-7(10)4-1-2-5-6(3-4)12-8(13)11-5/h1-3,7H,(H2,11,12,13). The lowest BCUT2D eigenvalue weighted by Gasteiger charge is -1.97. The maximum atomic E-state index is 12.2. The van der Waals surface area contributed by atoms with Crippen LogP contribution in [0.25, 0.3) is 11.0 Å². The zero-order chi connectivity index (χ0) is 9.42. The Morgan fingerprint density at radius 1 is 1.15 bits per heavy atom. The van der Waals surface area contributed by atoms with Gasteiger partial charge in [0.2, 0.25) is 0 Å². The van der Waals surface area contributed by atoms with Gasteiger partial charge in [0.1, 0.15) is 0 Å². The average Bonchev–Trinajstić information content (AvgIpc) is 2.42. The molecule has 0 saturated carbocycles. The maximum Gasteiger partial charge on any atom is 0.323 e. The van der Waals surface area contributed by atoms with E-state index in [1.807, 2.05) is 0 Å². The molecule has 0 radical (unpaired) electrons. The quantitative estimate of drug-likeness (QED) is 0.697. The summed E-state index contributed by atoms with van der Waals surface area (Å²) in [4.78, 5) is 15.6. The highest BCUT2D eigenvalue weighted by atomic mass is 19.3. The molecular formula is C8H6F2N2O. The molecule has 0 aliphatic rings. The Balaban J connectivity index is 2.68. The van der Waals surface area contributed by atoms with Crippen LogP contribution in [-0.2, 0) is 0 Å². The maximum absolute atomic E-state index is 12.2. The fourth-order valence-electron chi connectivity index (χ4n) is 1.19. The van der Waals surface area contributed by atoms with Crippen LogP contribution in [0.15, 0.2) is 23.0 Å².